The Hall–Kier alpha value is -1.68. The molecule has 1 aromatic rings. The van der Waals surface area contributed by atoms with E-state index in [4.69, 9.17) is 0 Å². The predicted molar refractivity (Wildman–Crippen MR) is 93.0 cm³/mol. The minimum Gasteiger partial charge on any atom is -0.391 e. The molecule has 4 heteroatoms. The lowest BCUT2D eigenvalue weighted by atomic mass is 9.89. The molecule has 2 unspecified atom stereocenters. The summed E-state index contributed by atoms with van der Waals surface area (Å²) in [5, 5.41) is 9.90. The number of benzene rings is 1. The van der Waals surface area contributed by atoms with Crippen molar-refractivity contribution in [3.63, 3.8) is 0 Å². The second-order valence-corrected chi connectivity index (χ2v) is 7.29. The van der Waals surface area contributed by atoms with Crippen molar-refractivity contribution in [3.8, 4) is 0 Å². The highest BCUT2D eigenvalue weighted by Crippen LogP contribution is 2.23. The number of nitrogens with zero attached hydrogens (tertiary/aromatic N) is 1. The van der Waals surface area contributed by atoms with E-state index in [0.29, 0.717) is 13.1 Å². The van der Waals surface area contributed by atoms with Crippen molar-refractivity contribution in [2.45, 2.75) is 58.0 Å². The number of aliphatic hydroxyl groups excluding tert-OH is 1. The van der Waals surface area contributed by atoms with Crippen LogP contribution in [0.2, 0.25) is 0 Å². The number of aliphatic hydroxyl groups is 1. The number of piperidine rings is 1. The van der Waals surface area contributed by atoms with Crippen LogP contribution in [0.5, 0.6) is 0 Å². The Labute approximate surface area is 143 Å². The predicted octanol–water partition coefficient (Wildman–Crippen LogP) is 2.76. The third-order valence-electron chi connectivity index (χ3n) is 5.51. The van der Waals surface area contributed by atoms with Crippen LogP contribution in [0.1, 0.15) is 60.5 Å². The van der Waals surface area contributed by atoms with Gasteiger partial charge in [0, 0.05) is 31.5 Å². The zero-order valence-corrected chi connectivity index (χ0v) is 14.5. The second kappa shape index (κ2) is 7.47. The normalized spacial score (nSPS) is 23.7. The number of carbonyl (C=O) groups is 2. The average molecular weight is 329 g/mol. The van der Waals surface area contributed by atoms with Crippen LogP contribution in [0.25, 0.3) is 0 Å². The number of rotatable bonds is 4. The summed E-state index contributed by atoms with van der Waals surface area (Å²) in [6, 6.07) is 6.00. The van der Waals surface area contributed by atoms with E-state index in [-0.39, 0.29) is 30.4 Å². The molecule has 1 amide bonds. The van der Waals surface area contributed by atoms with Gasteiger partial charge in [0.25, 0.3) is 0 Å². The van der Waals surface area contributed by atoms with Crippen molar-refractivity contribution in [2.24, 2.45) is 5.92 Å². The summed E-state index contributed by atoms with van der Waals surface area (Å²) in [4.78, 5) is 26.4. The molecule has 130 valence electrons. The van der Waals surface area contributed by atoms with Gasteiger partial charge in [-0.05, 0) is 55.2 Å². The number of ketones is 1. The Morgan fingerprint density at radius 1 is 1.17 bits per heavy atom. The number of carbonyl (C=O) groups excluding carboxylic acids is 2. The summed E-state index contributed by atoms with van der Waals surface area (Å²) in [5.41, 5.74) is 3.40. The quantitative estimate of drug-likeness (QED) is 0.864. The maximum absolute atomic E-state index is 12.4. The highest BCUT2D eigenvalue weighted by molar-refractivity contribution is 5.98. The molecule has 3 rings (SSSR count). The first-order valence-corrected chi connectivity index (χ1v) is 9.15. The third-order valence-corrected chi connectivity index (χ3v) is 5.51. The van der Waals surface area contributed by atoms with Gasteiger partial charge in [0.1, 0.15) is 0 Å². The van der Waals surface area contributed by atoms with Crippen LogP contribution in [0.3, 0.4) is 0 Å². The molecular weight excluding hydrogens is 302 g/mol. The number of β-amino-alcohol motifs (C(OH)–C–C–N with tert-alkyl or cyclic N) is 1. The van der Waals surface area contributed by atoms with E-state index in [9.17, 15) is 14.7 Å². The summed E-state index contributed by atoms with van der Waals surface area (Å²) in [7, 11) is 0. The van der Waals surface area contributed by atoms with Gasteiger partial charge in [0.15, 0.2) is 5.78 Å². The average Bonchev–Trinajstić information content (AvgIpc) is 2.61. The molecule has 2 aliphatic rings. The summed E-state index contributed by atoms with van der Waals surface area (Å²) < 4.78 is 0. The molecule has 4 nitrogen and oxygen atoms in total. The fourth-order valence-corrected chi connectivity index (χ4v) is 3.71. The molecule has 1 fully saturated rings. The van der Waals surface area contributed by atoms with Gasteiger partial charge in [-0.3, -0.25) is 9.59 Å². The first-order valence-electron chi connectivity index (χ1n) is 9.15. The summed E-state index contributed by atoms with van der Waals surface area (Å²) >= 11 is 0. The zero-order chi connectivity index (χ0) is 17.1. The van der Waals surface area contributed by atoms with Gasteiger partial charge in [-0.1, -0.05) is 19.1 Å². The van der Waals surface area contributed by atoms with Gasteiger partial charge in [0.2, 0.25) is 5.91 Å². The lowest BCUT2D eigenvalue weighted by Crippen LogP contribution is -2.45. The maximum Gasteiger partial charge on any atom is 0.223 e. The van der Waals surface area contributed by atoms with Crippen LogP contribution >= 0.6 is 0 Å². The lowest BCUT2D eigenvalue weighted by Gasteiger charge is -2.34. The molecule has 0 radical (unpaired) electrons. The third kappa shape index (κ3) is 3.86. The zero-order valence-electron chi connectivity index (χ0n) is 14.5. The standard InChI is InChI=1S/C20H27NO3/c1-14-10-11-21(13-19(14)23)20(24)9-8-18(22)17-7-6-15-4-2-3-5-16(15)12-17/h6-7,12,14,19,23H,2-5,8-11,13H2,1H3. The van der Waals surface area contributed by atoms with E-state index in [1.807, 2.05) is 19.1 Å². The van der Waals surface area contributed by atoms with E-state index < -0.39 is 6.10 Å². The first kappa shape index (κ1) is 17.2. The molecule has 1 aliphatic carbocycles. The van der Waals surface area contributed by atoms with Gasteiger partial charge in [-0.25, -0.2) is 0 Å². The van der Waals surface area contributed by atoms with Gasteiger partial charge in [0.05, 0.1) is 6.10 Å². The van der Waals surface area contributed by atoms with Gasteiger partial charge in [-0.15, -0.1) is 0 Å². The molecule has 0 aromatic heterocycles. The Morgan fingerprint density at radius 3 is 2.67 bits per heavy atom. The number of hydrogen-bond acceptors (Lipinski definition) is 3. The van der Waals surface area contributed by atoms with Gasteiger partial charge >= 0.3 is 0 Å². The SMILES string of the molecule is CC1CCN(C(=O)CCC(=O)c2ccc3c(c2)CCCC3)CC1O. The maximum atomic E-state index is 12.4. The Balaban J connectivity index is 1.54. The number of likely N-dealkylation sites (tertiary alicyclic amines) is 1. The number of Topliss-reactive ketones (excluding diaryl/α,β-unsaturated/α-hetero) is 1. The smallest absolute Gasteiger partial charge is 0.223 e. The first-order chi connectivity index (χ1) is 11.5. The number of amides is 1. The van der Waals surface area contributed by atoms with Crippen molar-refractivity contribution >= 4 is 11.7 Å². The Bertz CT molecular complexity index is 625. The van der Waals surface area contributed by atoms with Crippen LogP contribution in [-0.4, -0.2) is 40.9 Å². The molecule has 2 atom stereocenters. The van der Waals surface area contributed by atoms with E-state index >= 15 is 0 Å². The molecule has 24 heavy (non-hydrogen) atoms. The lowest BCUT2D eigenvalue weighted by molar-refractivity contribution is -0.135. The minimum absolute atomic E-state index is 0.0211. The summed E-state index contributed by atoms with van der Waals surface area (Å²) in [6.07, 6.45) is 5.45. The minimum atomic E-state index is -0.445. The van der Waals surface area contributed by atoms with Crippen LogP contribution in [-0.2, 0) is 17.6 Å². The largest absolute Gasteiger partial charge is 0.391 e. The molecular formula is C20H27NO3. The molecule has 1 aliphatic heterocycles. The van der Waals surface area contributed by atoms with Crippen LogP contribution < -0.4 is 0 Å². The van der Waals surface area contributed by atoms with Crippen molar-refractivity contribution in [2.75, 3.05) is 13.1 Å². The van der Waals surface area contributed by atoms with Crippen molar-refractivity contribution in [1.29, 1.82) is 0 Å². The summed E-state index contributed by atoms with van der Waals surface area (Å²) in [5.74, 6) is 0.265. The van der Waals surface area contributed by atoms with Gasteiger partial charge < -0.3 is 10.0 Å². The molecule has 1 aromatic carbocycles. The fraction of sp³-hybridized carbons (Fsp3) is 0.600. The monoisotopic (exact) mass is 329 g/mol. The fourth-order valence-electron chi connectivity index (χ4n) is 3.71. The highest BCUT2D eigenvalue weighted by Gasteiger charge is 2.27. The molecule has 1 saturated heterocycles. The van der Waals surface area contributed by atoms with Gasteiger partial charge in [-0.2, -0.15) is 0 Å². The molecule has 0 spiro atoms. The number of fused-ring (bicyclic) bond motifs is 1. The van der Waals surface area contributed by atoms with Crippen molar-refractivity contribution in [3.05, 3.63) is 34.9 Å². The van der Waals surface area contributed by atoms with Crippen molar-refractivity contribution in [1.82, 2.24) is 4.90 Å². The second-order valence-electron chi connectivity index (χ2n) is 7.29. The molecule has 0 saturated carbocycles. The topological polar surface area (TPSA) is 57.6 Å². The van der Waals surface area contributed by atoms with Crippen LogP contribution in [0.15, 0.2) is 18.2 Å². The number of hydrogen-bond donors (Lipinski definition) is 1. The van der Waals surface area contributed by atoms with E-state index in [0.717, 1.165) is 24.8 Å². The van der Waals surface area contributed by atoms with Crippen molar-refractivity contribution < 1.29 is 14.7 Å². The summed E-state index contributed by atoms with van der Waals surface area (Å²) in [6.45, 7) is 3.09. The van der Waals surface area contributed by atoms with E-state index in [1.165, 1.54) is 24.0 Å². The van der Waals surface area contributed by atoms with E-state index in [1.54, 1.807) is 4.90 Å². The number of aryl methyl sites for hydroxylation is 2. The molecule has 0 bridgehead atoms. The molecule has 1 N–H and O–H groups in total. The van der Waals surface area contributed by atoms with Crippen LogP contribution in [0, 0.1) is 5.92 Å². The van der Waals surface area contributed by atoms with E-state index in [2.05, 4.69) is 6.07 Å². The van der Waals surface area contributed by atoms with Crippen LogP contribution in [0.4, 0.5) is 0 Å². The Morgan fingerprint density at radius 2 is 1.92 bits per heavy atom. The molecule has 1 heterocycles. The highest BCUT2D eigenvalue weighted by atomic mass is 16.3. The Kier molecular flexibility index (Phi) is 5.34.